The van der Waals surface area contributed by atoms with Crippen LogP contribution in [0.2, 0.25) is 0 Å². The highest BCUT2D eigenvalue weighted by atomic mass is 16.5. The number of hydrogen-bond donors (Lipinski definition) is 1. The molecule has 1 rings (SSSR count). The van der Waals surface area contributed by atoms with Crippen molar-refractivity contribution in [2.24, 2.45) is 0 Å². The predicted octanol–water partition coefficient (Wildman–Crippen LogP) is 0.719. The molecule has 1 aromatic rings. The highest BCUT2D eigenvalue weighted by Crippen LogP contribution is 2.04. The van der Waals surface area contributed by atoms with E-state index in [0.717, 1.165) is 31.0 Å². The van der Waals surface area contributed by atoms with Crippen LogP contribution in [-0.4, -0.2) is 25.4 Å². The Hall–Kier alpha value is -0.870. The maximum atomic E-state index is 4.90. The second kappa shape index (κ2) is 4.90. The molecule has 0 bridgehead atoms. The first kappa shape index (κ1) is 9.22. The van der Waals surface area contributed by atoms with Crippen LogP contribution in [0.25, 0.3) is 0 Å². The molecule has 12 heavy (non-hydrogen) atoms. The molecule has 0 aromatic carbocycles. The molecule has 0 atom stereocenters. The molecule has 0 saturated carbocycles. The third-order valence-corrected chi connectivity index (χ3v) is 1.65. The second-order valence-electron chi connectivity index (χ2n) is 2.58. The Kier molecular flexibility index (Phi) is 3.76. The molecular weight excluding hydrogens is 156 g/mol. The molecular formula is C8H14N2O2. The van der Waals surface area contributed by atoms with Crippen LogP contribution in [0.15, 0.2) is 10.7 Å². The van der Waals surface area contributed by atoms with Crippen molar-refractivity contribution < 1.29 is 9.26 Å². The maximum absolute atomic E-state index is 4.90. The van der Waals surface area contributed by atoms with Crippen molar-refractivity contribution in [2.45, 2.75) is 13.5 Å². The summed E-state index contributed by atoms with van der Waals surface area (Å²) in [6, 6.07) is 0. The van der Waals surface area contributed by atoms with E-state index in [-0.39, 0.29) is 0 Å². The van der Waals surface area contributed by atoms with Gasteiger partial charge in [0.2, 0.25) is 0 Å². The van der Waals surface area contributed by atoms with Crippen LogP contribution in [0.4, 0.5) is 0 Å². The minimum Gasteiger partial charge on any atom is -0.383 e. The van der Waals surface area contributed by atoms with E-state index in [9.17, 15) is 0 Å². The van der Waals surface area contributed by atoms with Crippen LogP contribution in [0, 0.1) is 6.92 Å². The SMILES string of the molecule is COCCNCc1cnoc1C. The predicted molar refractivity (Wildman–Crippen MR) is 44.8 cm³/mol. The van der Waals surface area contributed by atoms with Gasteiger partial charge in [-0.3, -0.25) is 0 Å². The molecule has 1 aromatic heterocycles. The summed E-state index contributed by atoms with van der Waals surface area (Å²) in [5.74, 6) is 0.875. The molecule has 0 aliphatic rings. The summed E-state index contributed by atoms with van der Waals surface area (Å²) < 4.78 is 9.79. The first-order valence-corrected chi connectivity index (χ1v) is 3.94. The minimum absolute atomic E-state index is 0.727. The second-order valence-corrected chi connectivity index (χ2v) is 2.58. The van der Waals surface area contributed by atoms with Gasteiger partial charge in [-0.1, -0.05) is 5.16 Å². The van der Waals surface area contributed by atoms with E-state index in [4.69, 9.17) is 9.26 Å². The van der Waals surface area contributed by atoms with Gasteiger partial charge in [-0.05, 0) is 6.92 Å². The van der Waals surface area contributed by atoms with E-state index in [1.807, 2.05) is 6.92 Å². The molecule has 0 aliphatic heterocycles. The fourth-order valence-electron chi connectivity index (χ4n) is 0.886. The standard InChI is InChI=1S/C8H14N2O2/c1-7-8(6-10-12-7)5-9-3-4-11-2/h6,9H,3-5H2,1-2H3. The van der Waals surface area contributed by atoms with Gasteiger partial charge in [0, 0.05) is 25.8 Å². The van der Waals surface area contributed by atoms with Crippen LogP contribution >= 0.6 is 0 Å². The van der Waals surface area contributed by atoms with Crippen molar-refractivity contribution >= 4 is 0 Å². The Bertz CT molecular complexity index is 223. The van der Waals surface area contributed by atoms with Crippen LogP contribution < -0.4 is 5.32 Å². The summed E-state index contributed by atoms with van der Waals surface area (Å²) in [6.45, 7) is 4.27. The van der Waals surface area contributed by atoms with Gasteiger partial charge in [-0.15, -0.1) is 0 Å². The molecule has 0 unspecified atom stereocenters. The number of aryl methyl sites for hydroxylation is 1. The molecule has 0 saturated heterocycles. The fourth-order valence-corrected chi connectivity index (χ4v) is 0.886. The number of aromatic nitrogens is 1. The zero-order valence-electron chi connectivity index (χ0n) is 7.46. The smallest absolute Gasteiger partial charge is 0.138 e. The highest BCUT2D eigenvalue weighted by molar-refractivity contribution is 5.10. The molecule has 1 N–H and O–H groups in total. The average Bonchev–Trinajstić information content (AvgIpc) is 2.46. The molecule has 0 aliphatic carbocycles. The normalized spacial score (nSPS) is 10.5. The third-order valence-electron chi connectivity index (χ3n) is 1.65. The number of ether oxygens (including phenoxy) is 1. The molecule has 0 radical (unpaired) electrons. The van der Waals surface area contributed by atoms with Crippen molar-refractivity contribution in [3.05, 3.63) is 17.5 Å². The van der Waals surface area contributed by atoms with E-state index < -0.39 is 0 Å². The number of nitrogens with zero attached hydrogens (tertiary/aromatic N) is 1. The van der Waals surface area contributed by atoms with Crippen LogP contribution in [0.1, 0.15) is 11.3 Å². The molecule has 0 spiro atoms. The Morgan fingerprint density at radius 1 is 1.67 bits per heavy atom. The highest BCUT2D eigenvalue weighted by Gasteiger charge is 2.00. The quantitative estimate of drug-likeness (QED) is 0.661. The summed E-state index contributed by atoms with van der Waals surface area (Å²) in [5, 5.41) is 6.88. The number of methoxy groups -OCH3 is 1. The summed E-state index contributed by atoms with van der Waals surface area (Å²) in [6.07, 6.45) is 1.73. The first-order valence-electron chi connectivity index (χ1n) is 3.94. The number of nitrogens with one attached hydrogen (secondary N) is 1. The zero-order valence-corrected chi connectivity index (χ0v) is 7.46. The average molecular weight is 170 g/mol. The van der Waals surface area contributed by atoms with Gasteiger partial charge >= 0.3 is 0 Å². The molecule has 4 nitrogen and oxygen atoms in total. The summed E-state index contributed by atoms with van der Waals surface area (Å²) in [4.78, 5) is 0. The molecule has 0 amide bonds. The number of rotatable bonds is 5. The van der Waals surface area contributed by atoms with Crippen LogP contribution in [-0.2, 0) is 11.3 Å². The van der Waals surface area contributed by atoms with Gasteiger partial charge in [0.05, 0.1) is 12.8 Å². The fraction of sp³-hybridized carbons (Fsp3) is 0.625. The van der Waals surface area contributed by atoms with Crippen molar-refractivity contribution in [2.75, 3.05) is 20.3 Å². The van der Waals surface area contributed by atoms with Gasteiger partial charge in [0.1, 0.15) is 5.76 Å². The summed E-state index contributed by atoms with van der Waals surface area (Å²) >= 11 is 0. The topological polar surface area (TPSA) is 47.3 Å². The van der Waals surface area contributed by atoms with Crippen LogP contribution in [0.5, 0.6) is 0 Å². The molecule has 0 fully saturated rings. The Balaban J connectivity index is 2.20. The zero-order chi connectivity index (χ0) is 8.81. The van der Waals surface area contributed by atoms with E-state index in [0.29, 0.717) is 0 Å². The van der Waals surface area contributed by atoms with Gasteiger partial charge < -0.3 is 14.6 Å². The number of hydrogen-bond acceptors (Lipinski definition) is 4. The third kappa shape index (κ3) is 2.64. The lowest BCUT2D eigenvalue weighted by atomic mass is 10.3. The van der Waals surface area contributed by atoms with Crippen LogP contribution in [0.3, 0.4) is 0 Å². The largest absolute Gasteiger partial charge is 0.383 e. The van der Waals surface area contributed by atoms with E-state index in [2.05, 4.69) is 10.5 Å². The van der Waals surface area contributed by atoms with E-state index in [1.54, 1.807) is 13.3 Å². The van der Waals surface area contributed by atoms with E-state index >= 15 is 0 Å². The first-order chi connectivity index (χ1) is 5.84. The van der Waals surface area contributed by atoms with Crippen molar-refractivity contribution in [1.82, 2.24) is 10.5 Å². The summed E-state index contributed by atoms with van der Waals surface area (Å²) in [7, 11) is 1.69. The monoisotopic (exact) mass is 170 g/mol. The van der Waals surface area contributed by atoms with Gasteiger partial charge in [-0.25, -0.2) is 0 Å². The summed E-state index contributed by atoms with van der Waals surface area (Å²) in [5.41, 5.74) is 1.10. The van der Waals surface area contributed by atoms with Gasteiger partial charge in [0.15, 0.2) is 0 Å². The molecule has 68 valence electrons. The van der Waals surface area contributed by atoms with E-state index in [1.165, 1.54) is 0 Å². The van der Waals surface area contributed by atoms with Gasteiger partial charge in [-0.2, -0.15) is 0 Å². The lowest BCUT2D eigenvalue weighted by molar-refractivity contribution is 0.199. The Morgan fingerprint density at radius 2 is 2.50 bits per heavy atom. The van der Waals surface area contributed by atoms with Gasteiger partial charge in [0.25, 0.3) is 0 Å². The molecule has 1 heterocycles. The van der Waals surface area contributed by atoms with Crippen molar-refractivity contribution in [1.29, 1.82) is 0 Å². The minimum atomic E-state index is 0.727. The lowest BCUT2D eigenvalue weighted by Crippen LogP contribution is -2.18. The maximum Gasteiger partial charge on any atom is 0.138 e. The lowest BCUT2D eigenvalue weighted by Gasteiger charge is -2.01. The Labute approximate surface area is 71.9 Å². The van der Waals surface area contributed by atoms with Crippen molar-refractivity contribution in [3.63, 3.8) is 0 Å². The Morgan fingerprint density at radius 3 is 3.08 bits per heavy atom. The molecule has 4 heteroatoms. The van der Waals surface area contributed by atoms with Crippen molar-refractivity contribution in [3.8, 4) is 0 Å².